The molecule has 4 rings (SSSR count). The van der Waals surface area contributed by atoms with E-state index in [1.54, 1.807) is 40.3 Å². The third-order valence-electron chi connectivity index (χ3n) is 5.09. The molecule has 138 valence electrons. The van der Waals surface area contributed by atoms with Gasteiger partial charge in [-0.1, -0.05) is 35.9 Å². The van der Waals surface area contributed by atoms with Crippen LogP contribution in [-0.4, -0.2) is 43.8 Å². The number of carbonyl (C=O) groups excluding carboxylic acids is 1. The van der Waals surface area contributed by atoms with Gasteiger partial charge < -0.3 is 10.0 Å². The first-order chi connectivity index (χ1) is 13.1. The van der Waals surface area contributed by atoms with Crippen LogP contribution >= 0.6 is 11.6 Å². The minimum Gasteiger partial charge on any atom is -0.385 e. The molecular formula is C20H19ClN4O2. The number of piperidine rings is 1. The van der Waals surface area contributed by atoms with Crippen molar-refractivity contribution in [3.8, 4) is 5.69 Å². The molecule has 0 atom stereocenters. The number of hydrogen-bond donors (Lipinski definition) is 1. The van der Waals surface area contributed by atoms with Crippen molar-refractivity contribution in [3.63, 3.8) is 0 Å². The summed E-state index contributed by atoms with van der Waals surface area (Å²) in [5.41, 5.74) is 1.24. The van der Waals surface area contributed by atoms with E-state index in [1.165, 1.54) is 0 Å². The maximum atomic E-state index is 13.1. The highest BCUT2D eigenvalue weighted by atomic mass is 35.5. The minimum atomic E-state index is -0.935. The molecule has 1 saturated heterocycles. The molecule has 3 aromatic rings. The van der Waals surface area contributed by atoms with Gasteiger partial charge in [-0.2, -0.15) is 0 Å². The Morgan fingerprint density at radius 3 is 2.30 bits per heavy atom. The molecule has 1 aromatic heterocycles. The second-order valence-corrected chi connectivity index (χ2v) is 7.15. The van der Waals surface area contributed by atoms with Gasteiger partial charge in [0.15, 0.2) is 0 Å². The average Bonchev–Trinajstić information content (AvgIpc) is 3.23. The number of halogens is 1. The Balaban J connectivity index is 1.52. The fourth-order valence-electron chi connectivity index (χ4n) is 3.50. The third-order valence-corrected chi connectivity index (χ3v) is 5.34. The summed E-state index contributed by atoms with van der Waals surface area (Å²) in [6, 6.07) is 14.6. The van der Waals surface area contributed by atoms with Gasteiger partial charge in [-0.15, -0.1) is 10.2 Å². The number of para-hydroxylation sites is 1. The number of nitrogens with zero attached hydrogens (tertiary/aromatic N) is 4. The molecule has 0 spiro atoms. The predicted molar refractivity (Wildman–Crippen MR) is 102 cm³/mol. The van der Waals surface area contributed by atoms with E-state index in [4.69, 9.17) is 11.6 Å². The van der Waals surface area contributed by atoms with E-state index in [-0.39, 0.29) is 5.91 Å². The summed E-state index contributed by atoms with van der Waals surface area (Å²) in [6.45, 7) is 0.961. The Morgan fingerprint density at radius 1 is 1.00 bits per heavy atom. The SMILES string of the molecule is O=C(c1ccccc1-n1cnnc1)N1CCC(O)(c2ccc(Cl)cc2)CC1. The van der Waals surface area contributed by atoms with Gasteiger partial charge in [0.1, 0.15) is 12.7 Å². The first kappa shape index (κ1) is 17.7. The molecule has 7 heteroatoms. The van der Waals surface area contributed by atoms with Crippen molar-refractivity contribution in [2.24, 2.45) is 0 Å². The molecule has 1 N–H and O–H groups in total. The van der Waals surface area contributed by atoms with Crippen LogP contribution in [0.1, 0.15) is 28.8 Å². The Hall–Kier alpha value is -2.70. The van der Waals surface area contributed by atoms with Crippen LogP contribution in [0.5, 0.6) is 0 Å². The van der Waals surface area contributed by atoms with Crippen LogP contribution in [0, 0.1) is 0 Å². The van der Waals surface area contributed by atoms with E-state index < -0.39 is 5.60 Å². The maximum absolute atomic E-state index is 13.1. The summed E-state index contributed by atoms with van der Waals surface area (Å²) in [5.74, 6) is -0.0579. The van der Waals surface area contributed by atoms with Crippen LogP contribution in [0.25, 0.3) is 5.69 Å². The number of rotatable bonds is 3. The second kappa shape index (κ2) is 7.13. The van der Waals surface area contributed by atoms with E-state index in [2.05, 4.69) is 10.2 Å². The van der Waals surface area contributed by atoms with Gasteiger partial charge in [0.2, 0.25) is 0 Å². The zero-order valence-electron chi connectivity index (χ0n) is 14.6. The molecule has 1 amide bonds. The minimum absolute atomic E-state index is 0.0579. The third kappa shape index (κ3) is 3.46. The molecule has 1 aliphatic rings. The van der Waals surface area contributed by atoms with Crippen molar-refractivity contribution in [1.82, 2.24) is 19.7 Å². The van der Waals surface area contributed by atoms with Gasteiger partial charge >= 0.3 is 0 Å². The summed E-state index contributed by atoms with van der Waals surface area (Å²) in [6.07, 6.45) is 4.10. The van der Waals surface area contributed by atoms with Gasteiger partial charge in [0.25, 0.3) is 5.91 Å². The van der Waals surface area contributed by atoms with Crippen LogP contribution in [0.15, 0.2) is 61.2 Å². The van der Waals surface area contributed by atoms with Gasteiger partial charge in [-0.25, -0.2) is 0 Å². The zero-order chi connectivity index (χ0) is 18.9. The number of likely N-dealkylation sites (tertiary alicyclic amines) is 1. The normalized spacial score (nSPS) is 16.3. The van der Waals surface area contributed by atoms with Gasteiger partial charge in [-0.05, 0) is 42.7 Å². The van der Waals surface area contributed by atoms with E-state index in [0.29, 0.717) is 36.5 Å². The lowest BCUT2D eigenvalue weighted by atomic mass is 9.84. The van der Waals surface area contributed by atoms with Crippen molar-refractivity contribution in [2.45, 2.75) is 18.4 Å². The van der Waals surface area contributed by atoms with Crippen molar-refractivity contribution in [1.29, 1.82) is 0 Å². The number of benzene rings is 2. The number of carbonyl (C=O) groups is 1. The highest BCUT2D eigenvalue weighted by Crippen LogP contribution is 2.34. The first-order valence-corrected chi connectivity index (χ1v) is 9.16. The summed E-state index contributed by atoms with van der Waals surface area (Å²) in [7, 11) is 0. The van der Waals surface area contributed by atoms with Gasteiger partial charge in [0.05, 0.1) is 16.9 Å². The molecule has 6 nitrogen and oxygen atoms in total. The Labute approximate surface area is 162 Å². The van der Waals surface area contributed by atoms with Crippen LogP contribution in [0.3, 0.4) is 0 Å². The number of aromatic nitrogens is 3. The highest BCUT2D eigenvalue weighted by molar-refractivity contribution is 6.30. The van der Waals surface area contributed by atoms with Crippen LogP contribution in [-0.2, 0) is 5.60 Å². The Morgan fingerprint density at radius 2 is 1.63 bits per heavy atom. The fraction of sp³-hybridized carbons (Fsp3) is 0.250. The lowest BCUT2D eigenvalue weighted by Crippen LogP contribution is -2.45. The largest absolute Gasteiger partial charge is 0.385 e. The smallest absolute Gasteiger partial charge is 0.255 e. The van der Waals surface area contributed by atoms with Crippen molar-refractivity contribution in [2.75, 3.05) is 13.1 Å². The molecule has 2 heterocycles. The molecule has 0 unspecified atom stereocenters. The summed E-state index contributed by atoms with van der Waals surface area (Å²) < 4.78 is 1.72. The fourth-order valence-corrected chi connectivity index (χ4v) is 3.63. The lowest BCUT2D eigenvalue weighted by molar-refractivity contribution is -0.0211. The zero-order valence-corrected chi connectivity index (χ0v) is 15.4. The van der Waals surface area contributed by atoms with Crippen molar-refractivity contribution in [3.05, 3.63) is 77.3 Å². The van der Waals surface area contributed by atoms with Crippen LogP contribution in [0.2, 0.25) is 5.02 Å². The van der Waals surface area contributed by atoms with Gasteiger partial charge in [0, 0.05) is 18.1 Å². The summed E-state index contributed by atoms with van der Waals surface area (Å²) in [4.78, 5) is 14.9. The Bertz CT molecular complexity index is 933. The van der Waals surface area contributed by atoms with Crippen molar-refractivity contribution < 1.29 is 9.90 Å². The first-order valence-electron chi connectivity index (χ1n) is 8.79. The molecule has 1 fully saturated rings. The van der Waals surface area contributed by atoms with E-state index in [0.717, 1.165) is 11.3 Å². The van der Waals surface area contributed by atoms with Gasteiger partial charge in [-0.3, -0.25) is 9.36 Å². The van der Waals surface area contributed by atoms with E-state index in [9.17, 15) is 9.90 Å². The molecule has 0 radical (unpaired) electrons. The number of aliphatic hydroxyl groups is 1. The Kier molecular flexibility index (Phi) is 4.68. The number of hydrogen-bond acceptors (Lipinski definition) is 4. The van der Waals surface area contributed by atoms with Crippen LogP contribution in [0.4, 0.5) is 0 Å². The quantitative estimate of drug-likeness (QED) is 0.755. The maximum Gasteiger partial charge on any atom is 0.255 e. The summed E-state index contributed by atoms with van der Waals surface area (Å²) in [5, 5.41) is 19.3. The van der Waals surface area contributed by atoms with Crippen molar-refractivity contribution >= 4 is 17.5 Å². The molecular weight excluding hydrogens is 364 g/mol. The highest BCUT2D eigenvalue weighted by Gasteiger charge is 2.36. The second-order valence-electron chi connectivity index (χ2n) is 6.72. The molecule has 0 aliphatic carbocycles. The topological polar surface area (TPSA) is 71.2 Å². The molecule has 27 heavy (non-hydrogen) atoms. The summed E-state index contributed by atoms with van der Waals surface area (Å²) >= 11 is 5.94. The molecule has 0 saturated carbocycles. The van der Waals surface area contributed by atoms with E-state index >= 15 is 0 Å². The predicted octanol–water partition coefficient (Wildman–Crippen LogP) is 3.04. The monoisotopic (exact) mass is 382 g/mol. The molecule has 0 bridgehead atoms. The number of amides is 1. The van der Waals surface area contributed by atoms with E-state index in [1.807, 2.05) is 30.3 Å². The molecule has 1 aliphatic heterocycles. The average molecular weight is 383 g/mol. The molecule has 2 aromatic carbocycles. The standard InChI is InChI=1S/C20H19ClN4O2/c21-16-7-5-15(6-8-16)20(27)9-11-24(12-10-20)19(26)17-3-1-2-4-18(17)25-13-22-23-14-25/h1-8,13-14,27H,9-12H2. The van der Waals surface area contributed by atoms with Crippen LogP contribution < -0.4 is 0 Å². The lowest BCUT2D eigenvalue weighted by Gasteiger charge is -2.38.